The van der Waals surface area contributed by atoms with Crippen molar-refractivity contribution in [1.82, 2.24) is 19.9 Å². The molecule has 0 bridgehead atoms. The zero-order valence-corrected chi connectivity index (χ0v) is 15.3. The van der Waals surface area contributed by atoms with Gasteiger partial charge in [-0.2, -0.15) is 15.0 Å². The number of carbonyl (C=O) groups excluding carboxylic acids is 2. The van der Waals surface area contributed by atoms with Gasteiger partial charge in [0.15, 0.2) is 5.82 Å². The van der Waals surface area contributed by atoms with Gasteiger partial charge in [-0.15, -0.1) is 0 Å². The number of para-hydroxylation sites is 2. The maximum absolute atomic E-state index is 12.6. The molecule has 0 spiro atoms. The van der Waals surface area contributed by atoms with E-state index in [1.807, 2.05) is 30.4 Å². The third-order valence-corrected chi connectivity index (χ3v) is 4.95. The van der Waals surface area contributed by atoms with Crippen LogP contribution in [0.25, 0.3) is 0 Å². The molecular weight excluding hydrogens is 360 g/mol. The lowest BCUT2D eigenvalue weighted by molar-refractivity contribution is -0.140. The molecule has 2 aromatic rings. The third kappa shape index (κ3) is 3.26. The van der Waals surface area contributed by atoms with Gasteiger partial charge in [0.25, 0.3) is 0 Å². The summed E-state index contributed by atoms with van der Waals surface area (Å²) in [5, 5.41) is 3.04. The van der Waals surface area contributed by atoms with Crippen LogP contribution in [0.1, 0.15) is 18.7 Å². The molecule has 2 atom stereocenters. The number of anilines is 3. The fourth-order valence-electron chi connectivity index (χ4n) is 3.60. The van der Waals surface area contributed by atoms with Crippen molar-refractivity contribution in [3.05, 3.63) is 42.2 Å². The maximum atomic E-state index is 12.6. The molecule has 0 saturated carbocycles. The lowest BCUT2D eigenvalue weighted by Gasteiger charge is -2.15. The normalized spacial score (nSPS) is 21.0. The molecule has 2 heterocycles. The van der Waals surface area contributed by atoms with Crippen molar-refractivity contribution in [1.29, 1.82) is 0 Å². The minimum atomic E-state index is -0.289. The number of benzene rings is 1. The van der Waals surface area contributed by atoms with Crippen LogP contribution in [0.5, 0.6) is 5.75 Å². The van der Waals surface area contributed by atoms with Gasteiger partial charge in [-0.3, -0.25) is 14.5 Å². The van der Waals surface area contributed by atoms with E-state index in [2.05, 4.69) is 20.3 Å². The largest absolute Gasteiger partial charge is 0.495 e. The lowest BCUT2D eigenvalue weighted by Crippen LogP contribution is -2.31. The minimum absolute atomic E-state index is 0.000533. The Morgan fingerprint density at radius 1 is 1.11 bits per heavy atom. The second-order valence-electron chi connectivity index (χ2n) is 6.68. The van der Waals surface area contributed by atoms with Crippen LogP contribution >= 0.6 is 0 Å². The number of nitrogens with two attached hydrogens (primary N) is 1. The van der Waals surface area contributed by atoms with Crippen molar-refractivity contribution in [2.24, 2.45) is 11.8 Å². The van der Waals surface area contributed by atoms with Crippen molar-refractivity contribution < 1.29 is 14.3 Å². The molecular formula is C19H20N6O3. The quantitative estimate of drug-likeness (QED) is 0.593. The van der Waals surface area contributed by atoms with Gasteiger partial charge < -0.3 is 15.8 Å². The predicted molar refractivity (Wildman–Crippen MR) is 101 cm³/mol. The topological polar surface area (TPSA) is 123 Å². The fraction of sp³-hybridized carbons (Fsp3) is 0.316. The van der Waals surface area contributed by atoms with E-state index in [4.69, 9.17) is 10.5 Å². The number of aromatic nitrogens is 3. The highest BCUT2D eigenvalue weighted by Gasteiger charge is 2.47. The molecule has 2 aliphatic rings. The summed E-state index contributed by atoms with van der Waals surface area (Å²) < 4.78 is 5.30. The molecule has 1 aromatic heterocycles. The Balaban J connectivity index is 1.56. The molecule has 1 aliphatic heterocycles. The lowest BCUT2D eigenvalue weighted by atomic mass is 9.85. The van der Waals surface area contributed by atoms with E-state index in [0.29, 0.717) is 24.3 Å². The molecule has 1 fully saturated rings. The number of imide groups is 1. The second kappa shape index (κ2) is 7.26. The van der Waals surface area contributed by atoms with E-state index in [1.165, 1.54) is 4.90 Å². The fourth-order valence-corrected chi connectivity index (χ4v) is 3.60. The average molecular weight is 380 g/mol. The van der Waals surface area contributed by atoms with Gasteiger partial charge in [0.05, 0.1) is 31.2 Å². The number of likely N-dealkylation sites (tertiary alicyclic amines) is 1. The van der Waals surface area contributed by atoms with Crippen LogP contribution in [0, 0.1) is 11.8 Å². The highest BCUT2D eigenvalue weighted by molar-refractivity contribution is 6.05. The van der Waals surface area contributed by atoms with Gasteiger partial charge in [0.1, 0.15) is 5.75 Å². The molecule has 1 aliphatic carbocycles. The van der Waals surface area contributed by atoms with Gasteiger partial charge in [0.2, 0.25) is 23.7 Å². The third-order valence-electron chi connectivity index (χ3n) is 4.95. The summed E-state index contributed by atoms with van der Waals surface area (Å²) in [6, 6.07) is 7.29. The summed E-state index contributed by atoms with van der Waals surface area (Å²) in [4.78, 5) is 39.0. The van der Waals surface area contributed by atoms with Crippen LogP contribution in [-0.4, -0.2) is 38.8 Å². The number of nitrogens with zero attached hydrogens (tertiary/aromatic N) is 4. The average Bonchev–Trinajstić information content (AvgIpc) is 2.93. The number of hydrogen-bond acceptors (Lipinski definition) is 8. The van der Waals surface area contributed by atoms with Crippen LogP contribution in [-0.2, 0) is 16.1 Å². The number of nitrogens with one attached hydrogen (secondary N) is 1. The molecule has 0 unspecified atom stereocenters. The summed E-state index contributed by atoms with van der Waals surface area (Å²) in [7, 11) is 1.56. The van der Waals surface area contributed by atoms with Crippen molar-refractivity contribution in [2.45, 2.75) is 19.4 Å². The van der Waals surface area contributed by atoms with Crippen LogP contribution in [0.3, 0.4) is 0 Å². The monoisotopic (exact) mass is 380 g/mol. The van der Waals surface area contributed by atoms with Crippen molar-refractivity contribution >= 4 is 29.4 Å². The molecule has 28 heavy (non-hydrogen) atoms. The zero-order chi connectivity index (χ0) is 19.7. The summed E-state index contributed by atoms with van der Waals surface area (Å²) in [5.74, 6) is 0.134. The number of fused-ring (bicyclic) bond motifs is 1. The standard InChI is InChI=1S/C19H20N6O3/c1-28-14-9-5-4-8-13(14)21-19-23-15(22-18(20)24-19)10-25-16(26)11-6-2-3-7-12(11)17(25)27/h2-5,8-9,11-12H,6-7,10H2,1H3,(H3,20,21,22,23,24)/t11-,12-/m1/s1. The SMILES string of the molecule is COc1ccccc1Nc1nc(N)nc(CN2C(=O)[C@@H]3CC=CC[C@H]3C2=O)n1. The summed E-state index contributed by atoms with van der Waals surface area (Å²) in [6.45, 7) is -0.0298. The predicted octanol–water partition coefficient (Wildman–Crippen LogP) is 1.66. The maximum Gasteiger partial charge on any atom is 0.233 e. The summed E-state index contributed by atoms with van der Waals surface area (Å²) in [6.07, 6.45) is 5.08. The van der Waals surface area contributed by atoms with Gasteiger partial charge in [-0.25, -0.2) is 0 Å². The number of carbonyl (C=O) groups is 2. The molecule has 3 N–H and O–H groups in total. The number of ether oxygens (including phenoxy) is 1. The Kier molecular flexibility index (Phi) is 4.64. The Labute approximate surface area is 161 Å². The number of methoxy groups -OCH3 is 1. The van der Waals surface area contributed by atoms with Crippen LogP contribution in [0.4, 0.5) is 17.6 Å². The molecule has 2 amide bonds. The highest BCUT2D eigenvalue weighted by atomic mass is 16.5. The van der Waals surface area contributed by atoms with Gasteiger partial charge in [0, 0.05) is 0 Å². The van der Waals surface area contributed by atoms with Gasteiger partial charge in [-0.1, -0.05) is 24.3 Å². The first kappa shape index (κ1) is 17.9. The first-order valence-electron chi connectivity index (χ1n) is 8.97. The van der Waals surface area contributed by atoms with Crippen LogP contribution in [0.15, 0.2) is 36.4 Å². The van der Waals surface area contributed by atoms with Gasteiger partial charge in [-0.05, 0) is 25.0 Å². The molecule has 0 radical (unpaired) electrons. The zero-order valence-electron chi connectivity index (χ0n) is 15.3. The molecule has 9 heteroatoms. The van der Waals surface area contributed by atoms with E-state index in [0.717, 1.165) is 0 Å². The molecule has 1 saturated heterocycles. The Morgan fingerprint density at radius 2 is 1.79 bits per heavy atom. The Morgan fingerprint density at radius 3 is 2.46 bits per heavy atom. The first-order chi connectivity index (χ1) is 13.6. The molecule has 4 rings (SSSR count). The molecule has 144 valence electrons. The number of rotatable bonds is 5. The summed E-state index contributed by atoms with van der Waals surface area (Å²) >= 11 is 0. The van der Waals surface area contributed by atoms with E-state index >= 15 is 0 Å². The van der Waals surface area contributed by atoms with E-state index < -0.39 is 0 Å². The van der Waals surface area contributed by atoms with Crippen molar-refractivity contribution in [2.75, 3.05) is 18.2 Å². The summed E-state index contributed by atoms with van der Waals surface area (Å²) in [5.41, 5.74) is 6.47. The van der Waals surface area contributed by atoms with Crippen molar-refractivity contribution in [3.8, 4) is 5.75 Å². The molecule has 9 nitrogen and oxygen atoms in total. The number of amides is 2. The van der Waals surface area contributed by atoms with Crippen LogP contribution < -0.4 is 15.8 Å². The molecule has 1 aromatic carbocycles. The minimum Gasteiger partial charge on any atom is -0.495 e. The Bertz CT molecular complexity index is 934. The number of nitrogen functional groups attached to an aromatic ring is 1. The Hall–Kier alpha value is -3.49. The van der Waals surface area contributed by atoms with E-state index in [1.54, 1.807) is 13.2 Å². The van der Waals surface area contributed by atoms with Crippen LogP contribution in [0.2, 0.25) is 0 Å². The smallest absolute Gasteiger partial charge is 0.233 e. The highest BCUT2D eigenvalue weighted by Crippen LogP contribution is 2.35. The number of hydrogen-bond donors (Lipinski definition) is 2. The van der Waals surface area contributed by atoms with E-state index in [9.17, 15) is 9.59 Å². The van der Waals surface area contributed by atoms with Crippen molar-refractivity contribution in [3.63, 3.8) is 0 Å². The number of allylic oxidation sites excluding steroid dienone is 2. The first-order valence-corrected chi connectivity index (χ1v) is 8.97. The van der Waals surface area contributed by atoms with E-state index in [-0.39, 0.29) is 47.9 Å². The second-order valence-corrected chi connectivity index (χ2v) is 6.68. The van der Waals surface area contributed by atoms with Gasteiger partial charge >= 0.3 is 0 Å².